The number of aliphatic imine (C=N–C) groups is 1. The number of thioether (sulfide) groups is 1. The maximum atomic E-state index is 14.4. The Bertz CT molecular complexity index is 658. The molecule has 1 aliphatic heterocycles. The van der Waals surface area contributed by atoms with Crippen molar-refractivity contribution in [3.8, 4) is 0 Å². The zero-order valence-corrected chi connectivity index (χ0v) is 15.3. The number of nitrogens with one attached hydrogen (secondary N) is 1. The summed E-state index contributed by atoms with van der Waals surface area (Å²) in [5.74, 6) is -0.294. The lowest BCUT2D eigenvalue weighted by Crippen LogP contribution is -2.39. The molecule has 5 nitrogen and oxygen atoms in total. The lowest BCUT2D eigenvalue weighted by molar-refractivity contribution is 0.0564. The fraction of sp³-hybridized carbons (Fsp3) is 0.529. The summed E-state index contributed by atoms with van der Waals surface area (Å²) in [4.78, 5) is 16.3. The van der Waals surface area contributed by atoms with Crippen molar-refractivity contribution in [2.75, 3.05) is 12.3 Å². The summed E-state index contributed by atoms with van der Waals surface area (Å²) in [5, 5.41) is 3.11. The molecule has 1 atom stereocenters. The summed E-state index contributed by atoms with van der Waals surface area (Å²) in [6.07, 6.45) is 0.801. The maximum absolute atomic E-state index is 14.4. The van der Waals surface area contributed by atoms with E-state index < -0.39 is 16.4 Å². The first kappa shape index (κ1) is 18.6. The third-order valence-corrected chi connectivity index (χ3v) is 5.25. The monoisotopic (exact) mass is 353 g/mol. The molecule has 0 spiro atoms. The second-order valence-electron chi connectivity index (χ2n) is 6.75. The van der Waals surface area contributed by atoms with Crippen molar-refractivity contribution in [3.05, 3.63) is 29.6 Å². The number of hydrogen-bond acceptors (Lipinski definition) is 5. The normalized spacial score (nSPS) is 21.1. The highest BCUT2D eigenvalue weighted by Crippen LogP contribution is 2.46. The Kier molecular flexibility index (Phi) is 5.42. The molecule has 1 amide bonds. The third kappa shape index (κ3) is 4.41. The zero-order chi connectivity index (χ0) is 18.0. The van der Waals surface area contributed by atoms with Crippen molar-refractivity contribution in [3.63, 3.8) is 0 Å². The first-order valence-corrected chi connectivity index (χ1v) is 8.76. The van der Waals surface area contributed by atoms with Crippen LogP contribution in [0.4, 0.5) is 14.9 Å². The minimum Gasteiger partial charge on any atom is -0.444 e. The summed E-state index contributed by atoms with van der Waals surface area (Å²) in [7, 11) is 0. The highest BCUT2D eigenvalue weighted by molar-refractivity contribution is 8.14. The van der Waals surface area contributed by atoms with Gasteiger partial charge in [0.05, 0.1) is 4.75 Å². The van der Waals surface area contributed by atoms with Gasteiger partial charge in [0, 0.05) is 17.8 Å². The Morgan fingerprint density at radius 1 is 1.50 bits per heavy atom. The van der Waals surface area contributed by atoms with Gasteiger partial charge in [-0.25, -0.2) is 9.18 Å². The Hall–Kier alpha value is -1.76. The van der Waals surface area contributed by atoms with E-state index in [-0.39, 0.29) is 5.82 Å². The van der Waals surface area contributed by atoms with E-state index in [1.165, 1.54) is 17.8 Å². The lowest BCUT2D eigenvalue weighted by atomic mass is 9.91. The topological polar surface area (TPSA) is 76.7 Å². The predicted molar refractivity (Wildman–Crippen MR) is 96.7 cm³/mol. The summed E-state index contributed by atoms with van der Waals surface area (Å²) in [6.45, 7) is 7.87. The van der Waals surface area contributed by atoms with Crippen LogP contribution in [0.1, 0.15) is 46.1 Å². The molecule has 0 aromatic heterocycles. The van der Waals surface area contributed by atoms with E-state index in [2.05, 4.69) is 10.3 Å². The Balaban J connectivity index is 2.21. The van der Waals surface area contributed by atoms with E-state index in [9.17, 15) is 9.18 Å². The van der Waals surface area contributed by atoms with Gasteiger partial charge in [-0.05, 0) is 51.8 Å². The molecule has 7 heteroatoms. The zero-order valence-electron chi connectivity index (χ0n) is 14.5. The number of carbonyl (C=O) groups excluding carboxylic acids is 1. The van der Waals surface area contributed by atoms with Crippen molar-refractivity contribution in [2.24, 2.45) is 4.99 Å². The van der Waals surface area contributed by atoms with Crippen LogP contribution in [-0.4, -0.2) is 23.4 Å². The Morgan fingerprint density at radius 3 is 2.83 bits per heavy atom. The fourth-order valence-electron chi connectivity index (χ4n) is 2.58. The molecule has 3 N–H and O–H groups in total. The largest absolute Gasteiger partial charge is 0.444 e. The maximum Gasteiger partial charge on any atom is 0.413 e. The quantitative estimate of drug-likeness (QED) is 0.787. The van der Waals surface area contributed by atoms with Crippen LogP contribution in [0.3, 0.4) is 0 Å². The smallest absolute Gasteiger partial charge is 0.413 e. The number of carbonyl (C=O) groups is 1. The number of benzene rings is 1. The van der Waals surface area contributed by atoms with Crippen molar-refractivity contribution in [1.82, 2.24) is 5.32 Å². The average molecular weight is 353 g/mol. The molecule has 132 valence electrons. The Morgan fingerprint density at radius 2 is 2.21 bits per heavy atom. The Labute approximate surface area is 146 Å². The molecule has 1 heterocycles. The molecule has 2 rings (SSSR count). The number of nitrogens with two attached hydrogens (primary N) is 1. The average Bonchev–Trinajstić information content (AvgIpc) is 2.47. The second kappa shape index (κ2) is 7.01. The molecule has 24 heavy (non-hydrogen) atoms. The van der Waals surface area contributed by atoms with Crippen LogP contribution in [0.5, 0.6) is 0 Å². The van der Waals surface area contributed by atoms with Crippen molar-refractivity contribution in [2.45, 2.75) is 50.9 Å². The van der Waals surface area contributed by atoms with Crippen LogP contribution in [0.25, 0.3) is 0 Å². The number of hydrogen-bond donors (Lipinski definition) is 2. The van der Waals surface area contributed by atoms with Crippen molar-refractivity contribution in [1.29, 1.82) is 0 Å². The first-order valence-electron chi connectivity index (χ1n) is 7.94. The molecule has 1 aromatic rings. The molecule has 0 bridgehead atoms. The SMILES string of the molecule is CC[C@@]1(c2cc(N)ccc2F)CCN=C(NC(=O)OC(C)(C)C)S1. The molecular weight excluding hydrogens is 329 g/mol. The number of nitrogens with zero attached hydrogens (tertiary/aromatic N) is 1. The number of halogens is 1. The lowest BCUT2D eigenvalue weighted by Gasteiger charge is -2.36. The number of amidine groups is 1. The van der Waals surface area contributed by atoms with Crippen LogP contribution in [0.2, 0.25) is 0 Å². The van der Waals surface area contributed by atoms with Gasteiger partial charge >= 0.3 is 6.09 Å². The van der Waals surface area contributed by atoms with Gasteiger partial charge in [0.2, 0.25) is 0 Å². The molecule has 1 aliphatic rings. The van der Waals surface area contributed by atoms with Gasteiger partial charge in [-0.3, -0.25) is 10.3 Å². The van der Waals surface area contributed by atoms with Crippen LogP contribution >= 0.6 is 11.8 Å². The summed E-state index contributed by atoms with van der Waals surface area (Å²) in [5.41, 5.74) is 6.31. The number of anilines is 1. The number of ether oxygens (including phenoxy) is 1. The molecule has 0 radical (unpaired) electrons. The highest BCUT2D eigenvalue weighted by atomic mass is 32.2. The van der Waals surface area contributed by atoms with E-state index >= 15 is 0 Å². The molecule has 0 fully saturated rings. The second-order valence-corrected chi connectivity index (χ2v) is 8.13. The first-order chi connectivity index (χ1) is 11.1. The van der Waals surface area contributed by atoms with Crippen LogP contribution in [0.15, 0.2) is 23.2 Å². The summed E-state index contributed by atoms with van der Waals surface area (Å²) >= 11 is 1.35. The van der Waals surface area contributed by atoms with E-state index in [4.69, 9.17) is 10.5 Å². The van der Waals surface area contributed by atoms with Gasteiger partial charge in [-0.15, -0.1) is 0 Å². The summed E-state index contributed by atoms with van der Waals surface area (Å²) < 4.78 is 19.1. The molecule has 1 aromatic carbocycles. The van der Waals surface area contributed by atoms with Gasteiger partial charge in [0.15, 0.2) is 5.17 Å². The highest BCUT2D eigenvalue weighted by Gasteiger charge is 2.38. The number of rotatable bonds is 2. The number of alkyl carbamates (subject to hydrolysis) is 1. The number of amides is 1. The van der Waals surface area contributed by atoms with E-state index in [1.54, 1.807) is 32.9 Å². The molecule has 0 unspecified atom stereocenters. The van der Waals surface area contributed by atoms with Crippen molar-refractivity contribution >= 4 is 28.7 Å². The predicted octanol–water partition coefficient (Wildman–Crippen LogP) is 4.03. The molecule has 0 aliphatic carbocycles. The van der Waals surface area contributed by atoms with E-state index in [0.717, 1.165) is 0 Å². The van der Waals surface area contributed by atoms with Crippen LogP contribution < -0.4 is 11.1 Å². The fourth-order valence-corrected chi connectivity index (χ4v) is 3.85. The van der Waals surface area contributed by atoms with Gasteiger partial charge in [-0.1, -0.05) is 18.7 Å². The molecule has 0 saturated carbocycles. The van der Waals surface area contributed by atoms with E-state index in [1.807, 2.05) is 6.92 Å². The summed E-state index contributed by atoms with van der Waals surface area (Å²) in [6, 6.07) is 4.60. The van der Waals surface area contributed by atoms with E-state index in [0.29, 0.717) is 35.8 Å². The molecule has 0 saturated heterocycles. The van der Waals surface area contributed by atoms with Crippen LogP contribution in [0, 0.1) is 5.82 Å². The van der Waals surface area contributed by atoms with Crippen LogP contribution in [-0.2, 0) is 9.48 Å². The minimum atomic E-state index is -0.591. The standard InChI is InChI=1S/C17H24FN3O2S/c1-5-17(12-10-11(19)6-7-13(12)18)8-9-20-14(24-17)21-15(22)23-16(2,3)4/h6-7,10H,5,8-9,19H2,1-4H3,(H,20,21,22)/t17-/m0/s1. The van der Waals surface area contributed by atoms with Gasteiger partial charge < -0.3 is 10.5 Å². The minimum absolute atomic E-state index is 0.294. The number of nitrogen functional groups attached to an aromatic ring is 1. The molecular formula is C17H24FN3O2S. The van der Waals surface area contributed by atoms with Gasteiger partial charge in [0.25, 0.3) is 0 Å². The van der Waals surface area contributed by atoms with Gasteiger partial charge in [-0.2, -0.15) is 0 Å². The third-order valence-electron chi connectivity index (χ3n) is 3.72. The van der Waals surface area contributed by atoms with Crippen molar-refractivity contribution < 1.29 is 13.9 Å². The van der Waals surface area contributed by atoms with Gasteiger partial charge in [0.1, 0.15) is 11.4 Å².